The number of likely N-dealkylation sites (tertiary alicyclic amines) is 1. The van der Waals surface area contributed by atoms with E-state index < -0.39 is 0 Å². The van der Waals surface area contributed by atoms with E-state index in [1.807, 2.05) is 42.2 Å². The Hall–Kier alpha value is -3.22. The van der Waals surface area contributed by atoms with Crippen molar-refractivity contribution in [1.82, 2.24) is 20.0 Å². The highest BCUT2D eigenvalue weighted by Gasteiger charge is 2.31. The smallest absolute Gasteiger partial charge is 0.261 e. The first-order valence-electron chi connectivity index (χ1n) is 9.98. The molecular weight excluding hydrogens is 368 g/mol. The van der Waals surface area contributed by atoms with Gasteiger partial charge in [0.1, 0.15) is 11.9 Å². The number of hydrogen-bond donors (Lipinski definition) is 0. The van der Waals surface area contributed by atoms with E-state index in [0.717, 1.165) is 36.2 Å². The summed E-state index contributed by atoms with van der Waals surface area (Å²) in [6.45, 7) is 3.13. The van der Waals surface area contributed by atoms with E-state index in [4.69, 9.17) is 9.26 Å². The van der Waals surface area contributed by atoms with Gasteiger partial charge in [0, 0.05) is 31.3 Å². The van der Waals surface area contributed by atoms with E-state index >= 15 is 0 Å². The van der Waals surface area contributed by atoms with Gasteiger partial charge in [-0.05, 0) is 43.5 Å². The Morgan fingerprint density at radius 2 is 2.07 bits per heavy atom. The van der Waals surface area contributed by atoms with E-state index in [1.54, 1.807) is 12.4 Å². The van der Waals surface area contributed by atoms with Gasteiger partial charge in [-0.3, -0.25) is 9.78 Å². The fourth-order valence-corrected chi connectivity index (χ4v) is 3.64. The average Bonchev–Trinajstić information content (AvgIpc) is 3.29. The lowest BCUT2D eigenvalue weighted by molar-refractivity contribution is 0.0771. The average molecular weight is 390 g/mol. The third-order valence-corrected chi connectivity index (χ3v) is 5.50. The molecule has 3 aromatic rings. The predicted molar refractivity (Wildman–Crippen MR) is 106 cm³/mol. The number of rotatable bonds is 5. The number of ether oxygens (including phenoxy) is 1. The summed E-state index contributed by atoms with van der Waals surface area (Å²) < 4.78 is 11.7. The first-order valence-corrected chi connectivity index (χ1v) is 9.98. The molecule has 1 atom stereocenters. The van der Waals surface area contributed by atoms with Gasteiger partial charge in [0.25, 0.3) is 11.8 Å². The Bertz CT molecular complexity index is 1040. The van der Waals surface area contributed by atoms with Crippen LogP contribution >= 0.6 is 0 Å². The monoisotopic (exact) mass is 390 g/mol. The van der Waals surface area contributed by atoms with Crippen LogP contribution in [0.2, 0.25) is 0 Å². The summed E-state index contributed by atoms with van der Waals surface area (Å²) in [5.74, 6) is 2.40. The van der Waals surface area contributed by atoms with Gasteiger partial charge in [-0.1, -0.05) is 17.3 Å². The second-order valence-corrected chi connectivity index (χ2v) is 7.70. The van der Waals surface area contributed by atoms with E-state index in [0.29, 0.717) is 36.2 Å². The molecule has 29 heavy (non-hydrogen) atoms. The fourth-order valence-electron chi connectivity index (χ4n) is 3.64. The summed E-state index contributed by atoms with van der Waals surface area (Å²) in [5.41, 5.74) is 2.37. The number of para-hydroxylation sites is 1. The Balaban J connectivity index is 1.30. The van der Waals surface area contributed by atoms with Crippen molar-refractivity contribution in [3.8, 4) is 17.2 Å². The van der Waals surface area contributed by atoms with Gasteiger partial charge in [0.05, 0.1) is 17.7 Å². The van der Waals surface area contributed by atoms with Crippen molar-refractivity contribution in [2.24, 2.45) is 0 Å². The van der Waals surface area contributed by atoms with E-state index in [-0.39, 0.29) is 12.0 Å². The van der Waals surface area contributed by atoms with E-state index in [9.17, 15) is 4.79 Å². The Labute approximate surface area is 168 Å². The molecule has 148 valence electrons. The zero-order valence-electron chi connectivity index (χ0n) is 16.2. The first-order chi connectivity index (χ1) is 14.2. The Morgan fingerprint density at radius 1 is 1.21 bits per heavy atom. The molecule has 1 aliphatic carbocycles. The number of pyridine rings is 1. The molecule has 0 bridgehead atoms. The van der Waals surface area contributed by atoms with E-state index in [1.165, 1.54) is 0 Å². The van der Waals surface area contributed by atoms with Gasteiger partial charge in [-0.25, -0.2) is 0 Å². The molecule has 1 saturated carbocycles. The normalized spacial score (nSPS) is 18.8. The quantitative estimate of drug-likeness (QED) is 0.662. The van der Waals surface area contributed by atoms with Crippen LogP contribution in [0.25, 0.3) is 11.5 Å². The highest BCUT2D eigenvalue weighted by molar-refractivity contribution is 5.95. The minimum absolute atomic E-state index is 0.000890. The second kappa shape index (κ2) is 7.31. The van der Waals surface area contributed by atoms with Crippen molar-refractivity contribution in [2.45, 2.75) is 38.2 Å². The first kappa shape index (κ1) is 17.8. The van der Waals surface area contributed by atoms with Crippen LogP contribution in [0.4, 0.5) is 0 Å². The fraction of sp³-hybridized carbons (Fsp3) is 0.364. The van der Waals surface area contributed by atoms with Crippen LogP contribution in [0, 0.1) is 6.92 Å². The van der Waals surface area contributed by atoms with Crippen molar-refractivity contribution < 1.29 is 14.1 Å². The SMILES string of the molecule is Cc1ccncc1C(=O)N1CCC(Oc2ccccc2-c2nc(C3CC3)no2)C1. The summed E-state index contributed by atoms with van der Waals surface area (Å²) in [4.78, 5) is 23.3. The minimum atomic E-state index is -0.0806. The van der Waals surface area contributed by atoms with Crippen LogP contribution in [-0.2, 0) is 0 Å². The maximum Gasteiger partial charge on any atom is 0.261 e. The van der Waals surface area contributed by atoms with Crippen LogP contribution in [0.15, 0.2) is 47.2 Å². The number of carbonyl (C=O) groups excluding carboxylic acids is 1. The third-order valence-electron chi connectivity index (χ3n) is 5.50. The summed E-state index contributed by atoms with van der Waals surface area (Å²) in [6.07, 6.45) is 6.28. The maximum absolute atomic E-state index is 12.8. The van der Waals surface area contributed by atoms with Gasteiger partial charge in [-0.2, -0.15) is 4.98 Å². The second-order valence-electron chi connectivity index (χ2n) is 7.70. The molecule has 0 spiro atoms. The lowest BCUT2D eigenvalue weighted by atomic mass is 10.1. The minimum Gasteiger partial charge on any atom is -0.488 e. The van der Waals surface area contributed by atoms with Crippen LogP contribution in [0.1, 0.15) is 46.9 Å². The van der Waals surface area contributed by atoms with Gasteiger partial charge in [-0.15, -0.1) is 0 Å². The van der Waals surface area contributed by atoms with Crippen molar-refractivity contribution in [3.05, 3.63) is 59.7 Å². The number of nitrogens with zero attached hydrogens (tertiary/aromatic N) is 4. The number of amides is 1. The maximum atomic E-state index is 12.8. The largest absolute Gasteiger partial charge is 0.488 e. The summed E-state index contributed by atoms with van der Waals surface area (Å²) in [5, 5.41) is 4.10. The predicted octanol–water partition coefficient (Wildman–Crippen LogP) is 3.61. The molecule has 1 aliphatic heterocycles. The van der Waals surface area contributed by atoms with Crippen molar-refractivity contribution in [2.75, 3.05) is 13.1 Å². The highest BCUT2D eigenvalue weighted by atomic mass is 16.5. The lowest BCUT2D eigenvalue weighted by Crippen LogP contribution is -2.31. The molecule has 7 nitrogen and oxygen atoms in total. The molecule has 7 heteroatoms. The van der Waals surface area contributed by atoms with Crippen LogP contribution in [0.5, 0.6) is 5.75 Å². The molecule has 1 amide bonds. The Kier molecular flexibility index (Phi) is 4.50. The topological polar surface area (TPSA) is 81.4 Å². The third kappa shape index (κ3) is 3.60. The molecule has 0 N–H and O–H groups in total. The molecule has 1 unspecified atom stereocenters. The summed E-state index contributed by atoms with van der Waals surface area (Å²) >= 11 is 0. The van der Waals surface area contributed by atoms with Crippen LogP contribution in [0.3, 0.4) is 0 Å². The standard InChI is InChI=1S/C22H22N4O3/c1-14-8-10-23-12-18(14)22(27)26-11-9-16(13-26)28-19-5-3-2-4-17(19)21-24-20(25-29-21)15-6-7-15/h2-5,8,10,12,15-16H,6-7,9,11,13H2,1H3. The van der Waals surface area contributed by atoms with Gasteiger partial charge < -0.3 is 14.2 Å². The number of carbonyl (C=O) groups is 1. The highest BCUT2D eigenvalue weighted by Crippen LogP contribution is 2.40. The summed E-state index contributed by atoms with van der Waals surface area (Å²) in [6, 6.07) is 9.54. The van der Waals surface area contributed by atoms with Crippen LogP contribution in [-0.4, -0.2) is 45.1 Å². The zero-order valence-corrected chi connectivity index (χ0v) is 16.2. The van der Waals surface area contributed by atoms with Crippen molar-refractivity contribution in [1.29, 1.82) is 0 Å². The molecule has 2 fully saturated rings. The molecule has 0 radical (unpaired) electrons. The number of aryl methyl sites for hydroxylation is 1. The lowest BCUT2D eigenvalue weighted by Gasteiger charge is -2.18. The number of aromatic nitrogens is 3. The molecule has 3 heterocycles. The molecule has 2 aromatic heterocycles. The Morgan fingerprint density at radius 3 is 2.90 bits per heavy atom. The molecule has 2 aliphatic rings. The van der Waals surface area contributed by atoms with Crippen molar-refractivity contribution in [3.63, 3.8) is 0 Å². The van der Waals surface area contributed by atoms with Crippen LogP contribution < -0.4 is 4.74 Å². The zero-order chi connectivity index (χ0) is 19.8. The summed E-state index contributed by atoms with van der Waals surface area (Å²) in [7, 11) is 0. The van der Waals surface area contributed by atoms with E-state index in [2.05, 4.69) is 15.1 Å². The molecule has 5 rings (SSSR count). The molecule has 1 aromatic carbocycles. The van der Waals surface area contributed by atoms with Gasteiger partial charge in [0.2, 0.25) is 0 Å². The molecular formula is C22H22N4O3. The van der Waals surface area contributed by atoms with Gasteiger partial charge in [0.15, 0.2) is 5.82 Å². The number of hydrogen-bond acceptors (Lipinski definition) is 6. The van der Waals surface area contributed by atoms with Crippen molar-refractivity contribution >= 4 is 5.91 Å². The number of benzene rings is 1. The van der Waals surface area contributed by atoms with Gasteiger partial charge >= 0.3 is 0 Å². The molecule has 1 saturated heterocycles.